The molecule has 0 aromatic heterocycles. The fourth-order valence-corrected chi connectivity index (χ4v) is 3.82. The summed E-state index contributed by atoms with van der Waals surface area (Å²) in [7, 11) is 0. The number of phenols is 2. The highest BCUT2D eigenvalue weighted by Gasteiger charge is 2.27. The van der Waals surface area contributed by atoms with Crippen molar-refractivity contribution in [2.45, 2.75) is 26.0 Å². The zero-order chi connectivity index (χ0) is 21.8. The summed E-state index contributed by atoms with van der Waals surface area (Å²) in [5, 5.41) is 23.3. The SMILES string of the molecule is Cc1ccc(N(CC2NCCc3cc(O)c(O)cc32)C(=O)OCc2ccccc2)cc1.Cl. The van der Waals surface area contributed by atoms with Crippen LogP contribution in [0.25, 0.3) is 0 Å². The molecule has 7 heteroatoms. The summed E-state index contributed by atoms with van der Waals surface area (Å²) < 4.78 is 5.62. The average Bonchev–Trinajstić information content (AvgIpc) is 2.78. The maximum Gasteiger partial charge on any atom is 0.414 e. The number of fused-ring (bicyclic) bond motifs is 1. The van der Waals surface area contributed by atoms with E-state index in [9.17, 15) is 15.0 Å². The standard InChI is InChI=1S/C25H26N2O4.ClH/c1-17-7-9-20(10-8-17)27(25(30)31-16-18-5-3-2-4-6-18)15-22-21-14-24(29)23(28)13-19(21)11-12-26-22;/h2-10,13-14,22,26,28-29H,11-12,15-16H2,1H3;1H. The average molecular weight is 455 g/mol. The van der Waals surface area contributed by atoms with E-state index in [0.29, 0.717) is 13.1 Å². The monoisotopic (exact) mass is 454 g/mol. The van der Waals surface area contributed by atoms with Gasteiger partial charge in [-0.2, -0.15) is 0 Å². The molecule has 6 nitrogen and oxygen atoms in total. The summed E-state index contributed by atoms with van der Waals surface area (Å²) in [4.78, 5) is 14.7. The van der Waals surface area contributed by atoms with Crippen molar-refractivity contribution >= 4 is 24.2 Å². The number of rotatable bonds is 5. The molecule has 0 spiro atoms. The van der Waals surface area contributed by atoms with Crippen molar-refractivity contribution in [3.05, 3.63) is 89.0 Å². The second-order valence-corrected chi connectivity index (χ2v) is 7.78. The molecule has 0 bridgehead atoms. The van der Waals surface area contributed by atoms with Gasteiger partial charge in [0.05, 0.1) is 6.04 Å². The lowest BCUT2D eigenvalue weighted by molar-refractivity contribution is 0.146. The zero-order valence-corrected chi connectivity index (χ0v) is 18.6. The van der Waals surface area contributed by atoms with E-state index in [1.807, 2.05) is 61.5 Å². The number of nitrogens with zero attached hydrogens (tertiary/aromatic N) is 1. The molecular formula is C25H27ClN2O4. The molecule has 0 fully saturated rings. The molecule has 1 aliphatic rings. The molecule has 0 saturated heterocycles. The predicted molar refractivity (Wildman–Crippen MR) is 127 cm³/mol. The van der Waals surface area contributed by atoms with Gasteiger partial charge in [-0.3, -0.25) is 4.90 Å². The van der Waals surface area contributed by atoms with Gasteiger partial charge in [0.1, 0.15) is 6.61 Å². The molecule has 32 heavy (non-hydrogen) atoms. The van der Waals surface area contributed by atoms with Gasteiger partial charge in [0.2, 0.25) is 0 Å². The fourth-order valence-electron chi connectivity index (χ4n) is 3.82. The Hall–Kier alpha value is -3.22. The maximum atomic E-state index is 13.1. The lowest BCUT2D eigenvalue weighted by atomic mass is 9.93. The van der Waals surface area contributed by atoms with Crippen LogP contribution in [0.3, 0.4) is 0 Å². The van der Waals surface area contributed by atoms with E-state index in [2.05, 4.69) is 5.32 Å². The number of ether oxygens (including phenoxy) is 1. The van der Waals surface area contributed by atoms with Gasteiger partial charge in [0.25, 0.3) is 0 Å². The van der Waals surface area contributed by atoms with Crippen LogP contribution in [-0.2, 0) is 17.8 Å². The molecule has 4 rings (SSSR count). The van der Waals surface area contributed by atoms with E-state index in [4.69, 9.17) is 4.74 Å². The number of carbonyl (C=O) groups excluding carboxylic acids is 1. The molecule has 0 aliphatic carbocycles. The number of hydrogen-bond acceptors (Lipinski definition) is 5. The molecule has 3 aromatic rings. The number of anilines is 1. The number of aryl methyl sites for hydroxylation is 1. The third-order valence-electron chi connectivity index (χ3n) is 5.53. The quantitative estimate of drug-likeness (QED) is 0.480. The summed E-state index contributed by atoms with van der Waals surface area (Å²) in [6, 6.07) is 20.2. The van der Waals surface area contributed by atoms with Crippen LogP contribution in [0.15, 0.2) is 66.7 Å². The molecule has 1 amide bonds. The fraction of sp³-hybridized carbons (Fsp3) is 0.240. The van der Waals surface area contributed by atoms with Gasteiger partial charge in [0, 0.05) is 12.2 Å². The highest BCUT2D eigenvalue weighted by Crippen LogP contribution is 2.34. The lowest BCUT2D eigenvalue weighted by Crippen LogP contribution is -2.42. The number of carbonyl (C=O) groups is 1. The summed E-state index contributed by atoms with van der Waals surface area (Å²) in [5.74, 6) is -0.293. The van der Waals surface area contributed by atoms with Crippen molar-refractivity contribution < 1.29 is 19.7 Å². The number of aromatic hydroxyl groups is 2. The minimum absolute atomic E-state index is 0. The summed E-state index contributed by atoms with van der Waals surface area (Å²) in [5.41, 5.74) is 4.58. The van der Waals surface area contributed by atoms with Crippen LogP contribution in [0.1, 0.15) is 28.3 Å². The van der Waals surface area contributed by atoms with E-state index < -0.39 is 6.09 Å². The highest BCUT2D eigenvalue weighted by molar-refractivity contribution is 5.87. The Bertz CT molecular complexity index is 1060. The third-order valence-corrected chi connectivity index (χ3v) is 5.53. The number of amides is 1. The zero-order valence-electron chi connectivity index (χ0n) is 17.8. The van der Waals surface area contributed by atoms with Gasteiger partial charge in [0.15, 0.2) is 11.5 Å². The first-order valence-corrected chi connectivity index (χ1v) is 10.3. The van der Waals surface area contributed by atoms with Gasteiger partial charge in [-0.05, 0) is 60.8 Å². The van der Waals surface area contributed by atoms with Crippen LogP contribution in [0, 0.1) is 6.92 Å². The molecule has 1 aliphatic heterocycles. The van der Waals surface area contributed by atoms with Gasteiger partial charge in [-0.25, -0.2) is 4.79 Å². The summed E-state index contributed by atoms with van der Waals surface area (Å²) in [6.07, 6.45) is 0.299. The van der Waals surface area contributed by atoms with Gasteiger partial charge >= 0.3 is 6.09 Å². The number of benzene rings is 3. The van der Waals surface area contributed by atoms with Gasteiger partial charge in [-0.15, -0.1) is 12.4 Å². The van der Waals surface area contributed by atoms with Gasteiger partial charge in [-0.1, -0.05) is 48.0 Å². The van der Waals surface area contributed by atoms with E-state index >= 15 is 0 Å². The van der Waals surface area contributed by atoms with Crippen molar-refractivity contribution in [2.24, 2.45) is 0 Å². The number of hydrogen-bond donors (Lipinski definition) is 3. The molecule has 3 N–H and O–H groups in total. The largest absolute Gasteiger partial charge is 0.504 e. The minimum Gasteiger partial charge on any atom is -0.504 e. The second kappa shape index (κ2) is 10.4. The normalized spacial score (nSPS) is 14.7. The third kappa shape index (κ3) is 5.33. The van der Waals surface area contributed by atoms with Crippen LogP contribution in [0.2, 0.25) is 0 Å². The molecule has 0 radical (unpaired) electrons. The Balaban J connectivity index is 0.00000289. The van der Waals surface area contributed by atoms with Crippen LogP contribution < -0.4 is 10.2 Å². The first-order chi connectivity index (χ1) is 15.0. The Labute approximate surface area is 193 Å². The number of phenolic OH excluding ortho intramolecular Hbond substituents is 2. The van der Waals surface area contributed by atoms with Crippen LogP contribution >= 0.6 is 12.4 Å². The Morgan fingerprint density at radius 2 is 1.75 bits per heavy atom. The van der Waals surface area contributed by atoms with Gasteiger partial charge < -0.3 is 20.3 Å². The minimum atomic E-state index is -0.440. The number of halogens is 1. The topological polar surface area (TPSA) is 82.0 Å². The van der Waals surface area contributed by atoms with Crippen LogP contribution in [0.5, 0.6) is 11.5 Å². The van der Waals surface area contributed by atoms with Crippen molar-refractivity contribution in [1.29, 1.82) is 0 Å². The maximum absolute atomic E-state index is 13.1. The molecule has 1 heterocycles. The van der Waals surface area contributed by atoms with Crippen LogP contribution in [-0.4, -0.2) is 29.4 Å². The summed E-state index contributed by atoms with van der Waals surface area (Å²) >= 11 is 0. The predicted octanol–water partition coefficient (Wildman–Crippen LogP) is 4.86. The van der Waals surface area contributed by atoms with Crippen molar-refractivity contribution in [2.75, 3.05) is 18.0 Å². The summed E-state index contributed by atoms with van der Waals surface area (Å²) in [6.45, 7) is 3.22. The Morgan fingerprint density at radius 1 is 1.06 bits per heavy atom. The van der Waals surface area contributed by atoms with E-state index in [1.54, 1.807) is 17.0 Å². The van der Waals surface area contributed by atoms with E-state index in [0.717, 1.165) is 34.4 Å². The molecule has 1 atom stereocenters. The molecular weight excluding hydrogens is 428 g/mol. The molecule has 168 valence electrons. The highest BCUT2D eigenvalue weighted by atomic mass is 35.5. The Kier molecular flexibility index (Phi) is 7.62. The van der Waals surface area contributed by atoms with Crippen molar-refractivity contribution in [3.63, 3.8) is 0 Å². The first-order valence-electron chi connectivity index (χ1n) is 10.3. The van der Waals surface area contributed by atoms with Crippen molar-refractivity contribution in [3.8, 4) is 11.5 Å². The second-order valence-electron chi connectivity index (χ2n) is 7.78. The Morgan fingerprint density at radius 3 is 2.47 bits per heavy atom. The lowest BCUT2D eigenvalue weighted by Gasteiger charge is -2.32. The van der Waals surface area contributed by atoms with Crippen molar-refractivity contribution in [1.82, 2.24) is 5.32 Å². The van der Waals surface area contributed by atoms with Crippen LogP contribution in [0.4, 0.5) is 10.5 Å². The molecule has 1 unspecified atom stereocenters. The van der Waals surface area contributed by atoms with E-state index in [-0.39, 0.29) is 36.6 Å². The smallest absolute Gasteiger partial charge is 0.414 e. The molecule has 3 aromatic carbocycles. The van der Waals surface area contributed by atoms with E-state index in [1.165, 1.54) is 0 Å². The molecule has 0 saturated carbocycles. The number of nitrogens with one attached hydrogen (secondary N) is 1. The first kappa shape index (κ1) is 23.4.